The van der Waals surface area contributed by atoms with E-state index in [0.717, 1.165) is 31.9 Å². The summed E-state index contributed by atoms with van der Waals surface area (Å²) in [4.78, 5) is 26.7. The van der Waals surface area contributed by atoms with Crippen LogP contribution in [0.25, 0.3) is 0 Å². The fraction of sp³-hybridized carbons (Fsp3) is 0.533. The Morgan fingerprint density at radius 3 is 2.33 bits per heavy atom. The average molecular weight is 291 g/mol. The number of hydrogen-bond donors (Lipinski definition) is 0. The van der Waals surface area contributed by atoms with Crippen molar-refractivity contribution in [2.24, 2.45) is 0 Å². The van der Waals surface area contributed by atoms with Crippen LogP contribution in [0.15, 0.2) is 18.2 Å². The fourth-order valence-electron chi connectivity index (χ4n) is 2.67. The zero-order chi connectivity index (χ0) is 15.6. The van der Waals surface area contributed by atoms with Gasteiger partial charge in [-0.05, 0) is 26.8 Å². The van der Waals surface area contributed by atoms with Crippen LogP contribution < -0.4 is 4.90 Å². The van der Waals surface area contributed by atoms with Crippen LogP contribution in [0.2, 0.25) is 0 Å². The predicted octanol–water partition coefficient (Wildman–Crippen LogP) is 2.33. The van der Waals surface area contributed by atoms with Crippen molar-refractivity contribution in [3.05, 3.63) is 33.9 Å². The van der Waals surface area contributed by atoms with Crippen molar-refractivity contribution in [3.8, 4) is 0 Å². The molecule has 0 atom stereocenters. The summed E-state index contributed by atoms with van der Waals surface area (Å²) < 4.78 is 0. The lowest BCUT2D eigenvalue weighted by molar-refractivity contribution is -0.384. The van der Waals surface area contributed by atoms with E-state index in [1.165, 1.54) is 19.1 Å². The van der Waals surface area contributed by atoms with Crippen molar-refractivity contribution in [1.29, 1.82) is 0 Å². The molecule has 114 valence electrons. The monoisotopic (exact) mass is 291 g/mol. The van der Waals surface area contributed by atoms with Gasteiger partial charge in [-0.25, -0.2) is 0 Å². The van der Waals surface area contributed by atoms with Crippen LogP contribution in [0.5, 0.6) is 0 Å². The zero-order valence-electron chi connectivity index (χ0n) is 12.7. The van der Waals surface area contributed by atoms with Gasteiger partial charge in [-0.3, -0.25) is 19.8 Å². The third-order valence-electron chi connectivity index (χ3n) is 3.96. The molecule has 21 heavy (non-hydrogen) atoms. The highest BCUT2D eigenvalue weighted by molar-refractivity contribution is 6.00. The highest BCUT2D eigenvalue weighted by Gasteiger charge is 2.23. The number of carbonyl (C=O) groups is 1. The molecule has 6 nitrogen and oxygen atoms in total. The summed E-state index contributed by atoms with van der Waals surface area (Å²) in [5.41, 5.74) is 1.20. The highest BCUT2D eigenvalue weighted by atomic mass is 16.6. The second-order valence-electron chi connectivity index (χ2n) is 5.63. The average Bonchev–Trinajstić information content (AvgIpc) is 2.46. The largest absolute Gasteiger partial charge is 0.368 e. The maximum Gasteiger partial charge on any atom is 0.270 e. The normalized spacial score (nSPS) is 16.3. The second-order valence-corrected chi connectivity index (χ2v) is 5.63. The summed E-state index contributed by atoms with van der Waals surface area (Å²) in [6.45, 7) is 9.32. The number of nitro groups is 1. The number of Topliss-reactive ketones (excluding diaryl/α,β-unsaturated/α-hetero) is 1. The van der Waals surface area contributed by atoms with E-state index >= 15 is 0 Å². The lowest BCUT2D eigenvalue weighted by Crippen LogP contribution is -2.49. The van der Waals surface area contributed by atoms with Crippen LogP contribution in [0.4, 0.5) is 11.4 Å². The quantitative estimate of drug-likeness (QED) is 0.484. The van der Waals surface area contributed by atoms with E-state index in [-0.39, 0.29) is 11.5 Å². The molecule has 1 aromatic rings. The van der Waals surface area contributed by atoms with Gasteiger partial charge in [-0.15, -0.1) is 0 Å². The Balaban J connectivity index is 2.24. The number of rotatable bonds is 4. The van der Waals surface area contributed by atoms with Gasteiger partial charge in [-0.2, -0.15) is 0 Å². The van der Waals surface area contributed by atoms with Gasteiger partial charge in [0.25, 0.3) is 5.69 Å². The first kappa shape index (κ1) is 15.4. The molecule has 1 saturated heterocycles. The maximum absolute atomic E-state index is 11.8. The molecule has 1 aliphatic heterocycles. The Labute approximate surface area is 124 Å². The summed E-state index contributed by atoms with van der Waals surface area (Å²) in [6, 6.07) is 5.06. The first-order valence-electron chi connectivity index (χ1n) is 7.18. The molecule has 1 aromatic carbocycles. The summed E-state index contributed by atoms with van der Waals surface area (Å²) in [7, 11) is 0. The minimum Gasteiger partial charge on any atom is -0.368 e. The van der Waals surface area contributed by atoms with Crippen molar-refractivity contribution in [2.75, 3.05) is 31.1 Å². The third kappa shape index (κ3) is 3.39. The summed E-state index contributed by atoms with van der Waals surface area (Å²) in [5.74, 6) is -0.139. The smallest absolute Gasteiger partial charge is 0.270 e. The maximum atomic E-state index is 11.8. The fourth-order valence-corrected chi connectivity index (χ4v) is 2.67. The standard InChI is InChI=1S/C15H21N3O3/c1-11(2)16-6-8-17(9-7-16)15-5-4-13(18(20)21)10-14(15)12(3)19/h4-5,10-11H,6-9H2,1-3H3. The topological polar surface area (TPSA) is 66.7 Å². The Kier molecular flexibility index (Phi) is 4.57. The Bertz CT molecular complexity index is 549. The first-order valence-corrected chi connectivity index (χ1v) is 7.18. The van der Waals surface area contributed by atoms with Crippen LogP contribution in [-0.2, 0) is 0 Å². The van der Waals surface area contributed by atoms with E-state index in [9.17, 15) is 14.9 Å². The number of nitrogens with zero attached hydrogens (tertiary/aromatic N) is 3. The van der Waals surface area contributed by atoms with Crippen molar-refractivity contribution in [3.63, 3.8) is 0 Å². The third-order valence-corrected chi connectivity index (χ3v) is 3.96. The summed E-state index contributed by atoms with van der Waals surface area (Å²) in [6.07, 6.45) is 0. The summed E-state index contributed by atoms with van der Waals surface area (Å²) in [5, 5.41) is 10.9. The van der Waals surface area contributed by atoms with Crippen LogP contribution in [-0.4, -0.2) is 47.8 Å². The molecular weight excluding hydrogens is 270 g/mol. The number of nitro benzene ring substituents is 1. The van der Waals surface area contributed by atoms with E-state index in [1.54, 1.807) is 6.07 Å². The minimum atomic E-state index is -0.465. The van der Waals surface area contributed by atoms with Crippen LogP contribution in [0.1, 0.15) is 31.1 Å². The van der Waals surface area contributed by atoms with Gasteiger partial charge in [0.2, 0.25) is 0 Å². The zero-order valence-corrected chi connectivity index (χ0v) is 12.7. The SMILES string of the molecule is CC(=O)c1cc([N+](=O)[O-])ccc1N1CCN(C(C)C)CC1. The molecule has 0 radical (unpaired) electrons. The lowest BCUT2D eigenvalue weighted by Gasteiger charge is -2.38. The van der Waals surface area contributed by atoms with Gasteiger partial charge in [-0.1, -0.05) is 0 Å². The van der Waals surface area contributed by atoms with Crippen LogP contribution in [0.3, 0.4) is 0 Å². The molecule has 1 fully saturated rings. The molecule has 0 aromatic heterocycles. The van der Waals surface area contributed by atoms with Crippen molar-refractivity contribution in [2.45, 2.75) is 26.8 Å². The van der Waals surface area contributed by atoms with Gasteiger partial charge in [0.1, 0.15) is 0 Å². The molecule has 1 heterocycles. The number of benzene rings is 1. The molecule has 0 amide bonds. The van der Waals surface area contributed by atoms with E-state index in [0.29, 0.717) is 11.6 Å². The van der Waals surface area contributed by atoms with Crippen molar-refractivity contribution in [1.82, 2.24) is 4.90 Å². The molecule has 0 N–H and O–H groups in total. The number of non-ortho nitro benzene ring substituents is 1. The van der Waals surface area contributed by atoms with Crippen molar-refractivity contribution >= 4 is 17.2 Å². The van der Waals surface area contributed by atoms with Gasteiger partial charge in [0, 0.05) is 55.6 Å². The molecule has 2 rings (SSSR count). The number of hydrogen-bond acceptors (Lipinski definition) is 5. The molecular formula is C15H21N3O3. The number of anilines is 1. The van der Waals surface area contributed by atoms with E-state index < -0.39 is 4.92 Å². The number of ketones is 1. The Morgan fingerprint density at radius 2 is 1.86 bits per heavy atom. The molecule has 0 aliphatic carbocycles. The second kappa shape index (κ2) is 6.22. The first-order chi connectivity index (χ1) is 9.90. The van der Waals surface area contributed by atoms with E-state index in [2.05, 4.69) is 23.6 Å². The predicted molar refractivity (Wildman–Crippen MR) is 82.0 cm³/mol. The van der Waals surface area contributed by atoms with Crippen molar-refractivity contribution < 1.29 is 9.72 Å². The lowest BCUT2D eigenvalue weighted by atomic mass is 10.1. The van der Waals surface area contributed by atoms with E-state index in [1.807, 2.05) is 0 Å². The molecule has 0 spiro atoms. The molecule has 1 aliphatic rings. The molecule has 0 unspecified atom stereocenters. The Hall–Kier alpha value is -1.95. The Morgan fingerprint density at radius 1 is 1.24 bits per heavy atom. The number of carbonyl (C=O) groups excluding carboxylic acids is 1. The van der Waals surface area contributed by atoms with Gasteiger partial charge in [0.05, 0.1) is 4.92 Å². The molecule has 0 saturated carbocycles. The van der Waals surface area contributed by atoms with Gasteiger partial charge >= 0.3 is 0 Å². The molecule has 0 bridgehead atoms. The minimum absolute atomic E-state index is 0.0373. The van der Waals surface area contributed by atoms with E-state index in [4.69, 9.17) is 0 Å². The van der Waals surface area contributed by atoms with Gasteiger partial charge in [0.15, 0.2) is 5.78 Å². The summed E-state index contributed by atoms with van der Waals surface area (Å²) >= 11 is 0. The van der Waals surface area contributed by atoms with Gasteiger partial charge < -0.3 is 4.90 Å². The highest BCUT2D eigenvalue weighted by Crippen LogP contribution is 2.27. The number of piperazine rings is 1. The van der Waals surface area contributed by atoms with Crippen LogP contribution in [0, 0.1) is 10.1 Å². The van der Waals surface area contributed by atoms with Crippen LogP contribution >= 0.6 is 0 Å². The molecule has 6 heteroatoms.